The van der Waals surface area contributed by atoms with Gasteiger partial charge in [-0.15, -0.1) is 0 Å². The van der Waals surface area contributed by atoms with Gasteiger partial charge in [0, 0.05) is 18.5 Å². The molecule has 0 radical (unpaired) electrons. The molecule has 0 saturated heterocycles. The zero-order valence-electron chi connectivity index (χ0n) is 8.21. The van der Waals surface area contributed by atoms with Gasteiger partial charge >= 0.3 is 0 Å². The molecule has 0 aliphatic carbocycles. The van der Waals surface area contributed by atoms with Crippen molar-refractivity contribution in [2.75, 3.05) is 0 Å². The Kier molecular flexibility index (Phi) is 5.90. The van der Waals surface area contributed by atoms with Crippen LogP contribution in [0.1, 0.15) is 33.1 Å². The molecular weight excluding hydrogens is 166 g/mol. The Morgan fingerprint density at radius 1 is 1.69 bits per heavy atom. The smallest absolute Gasteiger partial charge is 0.221 e. The van der Waals surface area contributed by atoms with E-state index in [1.165, 1.54) is 0 Å². The maximum Gasteiger partial charge on any atom is 0.221 e. The molecule has 0 saturated carbocycles. The van der Waals surface area contributed by atoms with Crippen molar-refractivity contribution in [1.29, 1.82) is 5.26 Å². The molecule has 4 nitrogen and oxygen atoms in total. The molecule has 0 aromatic carbocycles. The van der Waals surface area contributed by atoms with E-state index in [0.717, 1.165) is 6.42 Å². The molecule has 0 spiro atoms. The highest BCUT2D eigenvalue weighted by molar-refractivity contribution is 5.76. The largest absolute Gasteiger partial charge is 0.353 e. The van der Waals surface area contributed by atoms with Crippen LogP contribution in [0, 0.1) is 11.3 Å². The number of rotatable bonds is 5. The lowest BCUT2D eigenvalue weighted by molar-refractivity contribution is -0.122. The van der Waals surface area contributed by atoms with E-state index in [0.29, 0.717) is 12.8 Å². The van der Waals surface area contributed by atoms with Crippen LogP contribution in [0.2, 0.25) is 0 Å². The summed E-state index contributed by atoms with van der Waals surface area (Å²) in [4.78, 5) is 11.2. The lowest BCUT2D eigenvalue weighted by atomic mass is 10.1. The number of amides is 1. The standard InChI is InChI=1S/C9H17N3O/c1-3-8(11)6-9(13)12-7(2)4-5-10/h7-8H,3-4,6,11H2,1-2H3,(H,12,13). The second-order valence-electron chi connectivity index (χ2n) is 3.20. The second-order valence-corrected chi connectivity index (χ2v) is 3.20. The van der Waals surface area contributed by atoms with E-state index in [4.69, 9.17) is 11.0 Å². The number of hydrogen-bond acceptors (Lipinski definition) is 3. The molecule has 0 aromatic heterocycles. The van der Waals surface area contributed by atoms with Gasteiger partial charge in [-0.25, -0.2) is 0 Å². The lowest BCUT2D eigenvalue weighted by Gasteiger charge is -2.12. The highest BCUT2D eigenvalue weighted by Gasteiger charge is 2.09. The molecule has 1 amide bonds. The quantitative estimate of drug-likeness (QED) is 0.652. The van der Waals surface area contributed by atoms with E-state index in [2.05, 4.69) is 5.32 Å². The highest BCUT2D eigenvalue weighted by atomic mass is 16.1. The summed E-state index contributed by atoms with van der Waals surface area (Å²) in [6.45, 7) is 3.75. The van der Waals surface area contributed by atoms with Gasteiger partial charge in [-0.2, -0.15) is 5.26 Å². The Labute approximate surface area is 79.1 Å². The van der Waals surface area contributed by atoms with Gasteiger partial charge in [-0.3, -0.25) is 4.79 Å². The highest BCUT2D eigenvalue weighted by Crippen LogP contribution is 1.95. The third kappa shape index (κ3) is 6.12. The summed E-state index contributed by atoms with van der Waals surface area (Å²) < 4.78 is 0. The number of hydrogen-bond donors (Lipinski definition) is 2. The fraction of sp³-hybridized carbons (Fsp3) is 0.778. The average Bonchev–Trinajstić information content (AvgIpc) is 2.04. The summed E-state index contributed by atoms with van der Waals surface area (Å²) in [7, 11) is 0. The van der Waals surface area contributed by atoms with Crippen LogP contribution in [0.25, 0.3) is 0 Å². The van der Waals surface area contributed by atoms with Crippen molar-refractivity contribution in [1.82, 2.24) is 5.32 Å². The first kappa shape index (κ1) is 11.9. The zero-order valence-corrected chi connectivity index (χ0v) is 8.21. The molecular formula is C9H17N3O. The molecule has 2 unspecified atom stereocenters. The summed E-state index contributed by atoms with van der Waals surface area (Å²) in [5.74, 6) is -0.0721. The molecule has 0 aliphatic heterocycles. The predicted molar refractivity (Wildman–Crippen MR) is 50.7 cm³/mol. The van der Waals surface area contributed by atoms with Crippen LogP contribution in [0.15, 0.2) is 0 Å². The maximum absolute atomic E-state index is 11.2. The first-order valence-corrected chi connectivity index (χ1v) is 4.52. The SMILES string of the molecule is CCC(N)CC(=O)NC(C)CC#N. The maximum atomic E-state index is 11.2. The average molecular weight is 183 g/mol. The third-order valence-electron chi connectivity index (χ3n) is 1.78. The topological polar surface area (TPSA) is 78.9 Å². The minimum atomic E-state index is -0.0819. The molecule has 0 bridgehead atoms. The van der Waals surface area contributed by atoms with Gasteiger partial charge < -0.3 is 11.1 Å². The van der Waals surface area contributed by atoms with E-state index in [1.54, 1.807) is 6.92 Å². The zero-order chi connectivity index (χ0) is 10.3. The number of nitrogens with one attached hydrogen (secondary N) is 1. The molecule has 4 heteroatoms. The van der Waals surface area contributed by atoms with Crippen LogP contribution < -0.4 is 11.1 Å². The number of nitrogens with zero attached hydrogens (tertiary/aromatic N) is 1. The number of nitriles is 1. The first-order valence-electron chi connectivity index (χ1n) is 4.52. The Morgan fingerprint density at radius 3 is 2.77 bits per heavy atom. The minimum absolute atomic E-state index is 0.0721. The molecule has 0 fully saturated rings. The van der Waals surface area contributed by atoms with Crippen LogP contribution in [0.5, 0.6) is 0 Å². The van der Waals surface area contributed by atoms with Crippen molar-refractivity contribution in [2.24, 2.45) is 5.73 Å². The Morgan fingerprint density at radius 2 is 2.31 bits per heavy atom. The lowest BCUT2D eigenvalue weighted by Crippen LogP contribution is -2.36. The minimum Gasteiger partial charge on any atom is -0.353 e. The van der Waals surface area contributed by atoms with Gasteiger partial charge in [0.25, 0.3) is 0 Å². The molecule has 3 N–H and O–H groups in total. The fourth-order valence-corrected chi connectivity index (χ4v) is 0.904. The van der Waals surface area contributed by atoms with E-state index in [1.807, 2.05) is 13.0 Å². The van der Waals surface area contributed by atoms with E-state index in [-0.39, 0.29) is 18.0 Å². The van der Waals surface area contributed by atoms with Gasteiger partial charge in [-0.05, 0) is 13.3 Å². The summed E-state index contributed by atoms with van der Waals surface area (Å²) in [6.07, 6.45) is 1.47. The Hall–Kier alpha value is -1.08. The van der Waals surface area contributed by atoms with Crippen LogP contribution in [0.3, 0.4) is 0 Å². The van der Waals surface area contributed by atoms with E-state index in [9.17, 15) is 4.79 Å². The summed E-state index contributed by atoms with van der Waals surface area (Å²) in [5.41, 5.74) is 5.60. The van der Waals surface area contributed by atoms with Crippen molar-refractivity contribution in [2.45, 2.75) is 45.2 Å². The number of carbonyl (C=O) groups excluding carboxylic acids is 1. The molecule has 0 aliphatic rings. The molecule has 13 heavy (non-hydrogen) atoms. The molecule has 0 aromatic rings. The predicted octanol–water partition coefficient (Wildman–Crippen LogP) is 0.532. The molecule has 2 atom stereocenters. The van der Waals surface area contributed by atoms with Crippen molar-refractivity contribution in [3.63, 3.8) is 0 Å². The van der Waals surface area contributed by atoms with Crippen molar-refractivity contribution in [3.8, 4) is 6.07 Å². The summed E-state index contributed by atoms with van der Waals surface area (Å²) >= 11 is 0. The van der Waals surface area contributed by atoms with Gasteiger partial charge in [0.15, 0.2) is 0 Å². The van der Waals surface area contributed by atoms with Crippen molar-refractivity contribution >= 4 is 5.91 Å². The second kappa shape index (κ2) is 6.44. The van der Waals surface area contributed by atoms with Crippen LogP contribution >= 0.6 is 0 Å². The molecule has 0 heterocycles. The van der Waals surface area contributed by atoms with Crippen LogP contribution in [-0.4, -0.2) is 18.0 Å². The van der Waals surface area contributed by atoms with Crippen LogP contribution in [-0.2, 0) is 4.79 Å². The van der Waals surface area contributed by atoms with Gasteiger partial charge in [0.05, 0.1) is 12.5 Å². The summed E-state index contributed by atoms with van der Waals surface area (Å²) in [5, 5.41) is 11.1. The van der Waals surface area contributed by atoms with Gasteiger partial charge in [0.2, 0.25) is 5.91 Å². The van der Waals surface area contributed by atoms with Crippen molar-refractivity contribution < 1.29 is 4.79 Å². The van der Waals surface area contributed by atoms with E-state index >= 15 is 0 Å². The van der Waals surface area contributed by atoms with Gasteiger partial charge in [-0.1, -0.05) is 6.92 Å². The fourth-order valence-electron chi connectivity index (χ4n) is 0.904. The third-order valence-corrected chi connectivity index (χ3v) is 1.78. The molecule has 0 rings (SSSR count). The molecule has 74 valence electrons. The van der Waals surface area contributed by atoms with Crippen molar-refractivity contribution in [3.05, 3.63) is 0 Å². The van der Waals surface area contributed by atoms with Gasteiger partial charge in [0.1, 0.15) is 0 Å². The number of nitrogens with two attached hydrogens (primary N) is 1. The van der Waals surface area contributed by atoms with Crippen LogP contribution in [0.4, 0.5) is 0 Å². The first-order chi connectivity index (χ1) is 6.10. The monoisotopic (exact) mass is 183 g/mol. The Bertz CT molecular complexity index is 198. The summed E-state index contributed by atoms with van der Waals surface area (Å²) in [6, 6.07) is 1.84. The number of carbonyl (C=O) groups is 1. The van der Waals surface area contributed by atoms with E-state index < -0.39 is 0 Å². The normalized spacial score (nSPS) is 14.3. The Balaban J connectivity index is 3.68.